The van der Waals surface area contributed by atoms with Gasteiger partial charge in [-0.3, -0.25) is 0 Å². The van der Waals surface area contributed by atoms with Crippen molar-refractivity contribution in [3.8, 4) is 11.1 Å². The fraction of sp³-hybridized carbons (Fsp3) is 0.438. The van der Waals surface area contributed by atoms with E-state index in [9.17, 15) is 8.78 Å². The third kappa shape index (κ3) is 3.06. The van der Waals surface area contributed by atoms with Crippen LogP contribution in [0.25, 0.3) is 11.1 Å². The van der Waals surface area contributed by atoms with Crippen molar-refractivity contribution in [2.45, 2.75) is 38.5 Å². The highest BCUT2D eigenvalue weighted by Gasteiger charge is 2.22. The molecule has 0 atom stereocenters. The van der Waals surface area contributed by atoms with Crippen molar-refractivity contribution in [3.63, 3.8) is 0 Å². The maximum absolute atomic E-state index is 13.4. The van der Waals surface area contributed by atoms with Gasteiger partial charge in [-0.25, -0.2) is 8.78 Å². The highest BCUT2D eigenvalue weighted by atomic mass is 19.1. The average molecular weight is 292 g/mol. The highest BCUT2D eigenvalue weighted by molar-refractivity contribution is 5.75. The zero-order chi connectivity index (χ0) is 14.8. The first-order chi connectivity index (χ1) is 10.1. The molecule has 0 spiro atoms. The summed E-state index contributed by atoms with van der Waals surface area (Å²) in [5.74, 6) is 0.0851. The number of aromatic nitrogens is 1. The third-order valence-electron chi connectivity index (χ3n) is 4.14. The first-order valence-corrected chi connectivity index (χ1v) is 7.34. The second kappa shape index (κ2) is 5.84. The van der Waals surface area contributed by atoms with E-state index in [1.807, 2.05) is 0 Å². The number of rotatable bonds is 3. The summed E-state index contributed by atoms with van der Waals surface area (Å²) in [7, 11) is 0. The van der Waals surface area contributed by atoms with E-state index < -0.39 is 11.6 Å². The summed E-state index contributed by atoms with van der Waals surface area (Å²) in [6, 6.07) is 3.36. The summed E-state index contributed by atoms with van der Waals surface area (Å²) < 4.78 is 32.1. The van der Waals surface area contributed by atoms with E-state index in [0.717, 1.165) is 25.3 Å². The Balaban J connectivity index is 1.92. The van der Waals surface area contributed by atoms with Gasteiger partial charge in [-0.15, -0.1) is 0 Å². The van der Waals surface area contributed by atoms with Crippen LogP contribution in [0.1, 0.15) is 37.9 Å². The maximum Gasteiger partial charge on any atom is 0.175 e. The Hall–Kier alpha value is -1.91. The zero-order valence-corrected chi connectivity index (χ0v) is 11.7. The largest absolute Gasteiger partial charge is 0.380 e. The predicted octanol–water partition coefficient (Wildman–Crippen LogP) is 4.32. The number of hydrogen-bond donors (Lipinski definition) is 1. The topological polar surface area (TPSA) is 52.0 Å². The van der Waals surface area contributed by atoms with E-state index in [0.29, 0.717) is 22.8 Å². The van der Waals surface area contributed by atoms with Gasteiger partial charge in [0, 0.05) is 12.5 Å². The van der Waals surface area contributed by atoms with Gasteiger partial charge >= 0.3 is 0 Å². The van der Waals surface area contributed by atoms with Gasteiger partial charge in [-0.1, -0.05) is 37.3 Å². The number of benzene rings is 1. The molecule has 0 amide bonds. The van der Waals surface area contributed by atoms with Crippen LogP contribution in [0.2, 0.25) is 0 Å². The number of hydrogen-bond acceptors (Lipinski definition) is 3. The minimum Gasteiger partial charge on any atom is -0.380 e. The monoisotopic (exact) mass is 292 g/mol. The standard InChI is InChI=1S/C16H18F2N2O/c17-12-7-11(8-13(18)9-12)15-14(21-20-16(15)19)6-10-4-2-1-3-5-10/h7-10H,1-6H2,(H2,19,20). The van der Waals surface area contributed by atoms with Gasteiger partial charge in [0.1, 0.15) is 17.4 Å². The van der Waals surface area contributed by atoms with Crippen LogP contribution in [-0.4, -0.2) is 5.16 Å². The quantitative estimate of drug-likeness (QED) is 0.916. The minimum absolute atomic E-state index is 0.186. The Morgan fingerprint density at radius 3 is 2.43 bits per heavy atom. The Kier molecular flexibility index (Phi) is 3.90. The minimum atomic E-state index is -0.630. The van der Waals surface area contributed by atoms with Crippen LogP contribution < -0.4 is 5.73 Å². The van der Waals surface area contributed by atoms with Crippen LogP contribution in [0.3, 0.4) is 0 Å². The molecule has 1 aromatic carbocycles. The van der Waals surface area contributed by atoms with Crippen molar-refractivity contribution in [2.75, 3.05) is 5.73 Å². The molecule has 0 saturated heterocycles. The van der Waals surface area contributed by atoms with Crippen molar-refractivity contribution in [1.29, 1.82) is 0 Å². The molecule has 3 rings (SSSR count). The number of anilines is 1. The molecule has 0 unspecified atom stereocenters. The SMILES string of the molecule is Nc1noc(CC2CCCCC2)c1-c1cc(F)cc(F)c1. The van der Waals surface area contributed by atoms with E-state index in [1.54, 1.807) is 0 Å². The fourth-order valence-corrected chi connectivity index (χ4v) is 3.14. The summed E-state index contributed by atoms with van der Waals surface area (Å²) in [6.45, 7) is 0. The number of halogens is 2. The van der Waals surface area contributed by atoms with E-state index in [4.69, 9.17) is 10.3 Å². The molecule has 112 valence electrons. The summed E-state index contributed by atoms with van der Waals surface area (Å²) in [5.41, 5.74) is 6.74. The van der Waals surface area contributed by atoms with Gasteiger partial charge in [0.2, 0.25) is 0 Å². The second-order valence-electron chi connectivity index (χ2n) is 5.73. The first-order valence-electron chi connectivity index (χ1n) is 7.34. The van der Waals surface area contributed by atoms with Gasteiger partial charge in [-0.2, -0.15) is 0 Å². The molecule has 1 aliphatic carbocycles. The summed E-state index contributed by atoms with van der Waals surface area (Å²) in [6.07, 6.45) is 6.74. The third-order valence-corrected chi connectivity index (χ3v) is 4.14. The molecule has 2 N–H and O–H groups in total. The summed E-state index contributed by atoms with van der Waals surface area (Å²) in [5, 5.41) is 3.78. The number of nitrogens with two attached hydrogens (primary N) is 1. The Morgan fingerprint density at radius 1 is 1.10 bits per heavy atom. The Morgan fingerprint density at radius 2 is 1.76 bits per heavy atom. The summed E-state index contributed by atoms with van der Waals surface area (Å²) in [4.78, 5) is 0. The summed E-state index contributed by atoms with van der Waals surface area (Å²) >= 11 is 0. The molecule has 1 fully saturated rings. The zero-order valence-electron chi connectivity index (χ0n) is 11.7. The molecule has 1 aliphatic rings. The number of nitrogens with zero attached hydrogens (tertiary/aromatic N) is 1. The first kappa shape index (κ1) is 14.0. The van der Waals surface area contributed by atoms with Crippen LogP contribution in [0, 0.1) is 17.6 Å². The molecular formula is C16H18F2N2O. The van der Waals surface area contributed by atoms with Crippen molar-refractivity contribution in [1.82, 2.24) is 5.16 Å². The molecule has 0 aliphatic heterocycles. The average Bonchev–Trinajstić information content (AvgIpc) is 2.80. The van der Waals surface area contributed by atoms with Gasteiger partial charge in [0.05, 0.1) is 5.56 Å². The maximum atomic E-state index is 13.4. The van der Waals surface area contributed by atoms with Crippen molar-refractivity contribution in [2.24, 2.45) is 5.92 Å². The van der Waals surface area contributed by atoms with Crippen molar-refractivity contribution < 1.29 is 13.3 Å². The molecule has 1 saturated carbocycles. The molecule has 0 bridgehead atoms. The molecule has 5 heteroatoms. The lowest BCUT2D eigenvalue weighted by molar-refractivity contribution is 0.311. The molecular weight excluding hydrogens is 274 g/mol. The molecule has 21 heavy (non-hydrogen) atoms. The second-order valence-corrected chi connectivity index (χ2v) is 5.73. The molecule has 0 radical (unpaired) electrons. The lowest BCUT2D eigenvalue weighted by Crippen LogP contribution is -2.09. The predicted molar refractivity (Wildman–Crippen MR) is 76.5 cm³/mol. The van der Waals surface area contributed by atoms with Gasteiger partial charge in [0.25, 0.3) is 0 Å². The van der Waals surface area contributed by atoms with E-state index in [-0.39, 0.29) is 5.82 Å². The number of nitrogen functional groups attached to an aromatic ring is 1. The lowest BCUT2D eigenvalue weighted by Gasteiger charge is -2.20. The highest BCUT2D eigenvalue weighted by Crippen LogP contribution is 2.35. The molecule has 3 nitrogen and oxygen atoms in total. The molecule has 1 aromatic heterocycles. The van der Waals surface area contributed by atoms with Crippen LogP contribution in [0.15, 0.2) is 22.7 Å². The van der Waals surface area contributed by atoms with E-state index in [2.05, 4.69) is 5.16 Å². The fourth-order valence-electron chi connectivity index (χ4n) is 3.14. The van der Waals surface area contributed by atoms with Crippen LogP contribution in [0.4, 0.5) is 14.6 Å². The van der Waals surface area contributed by atoms with Crippen LogP contribution in [-0.2, 0) is 6.42 Å². The van der Waals surface area contributed by atoms with E-state index in [1.165, 1.54) is 31.4 Å². The van der Waals surface area contributed by atoms with Crippen molar-refractivity contribution >= 4 is 5.82 Å². The normalized spacial score (nSPS) is 16.3. The lowest BCUT2D eigenvalue weighted by atomic mass is 9.85. The van der Waals surface area contributed by atoms with E-state index >= 15 is 0 Å². The molecule has 2 aromatic rings. The Bertz CT molecular complexity index is 613. The van der Waals surface area contributed by atoms with Gasteiger partial charge < -0.3 is 10.3 Å². The van der Waals surface area contributed by atoms with Gasteiger partial charge in [0.15, 0.2) is 5.82 Å². The molecule has 1 heterocycles. The van der Waals surface area contributed by atoms with Gasteiger partial charge in [-0.05, 0) is 23.6 Å². The smallest absolute Gasteiger partial charge is 0.175 e. The Labute approximate surface area is 122 Å². The van der Waals surface area contributed by atoms with Crippen molar-refractivity contribution in [3.05, 3.63) is 35.6 Å². The van der Waals surface area contributed by atoms with Crippen LogP contribution >= 0.6 is 0 Å². The van der Waals surface area contributed by atoms with Crippen LogP contribution in [0.5, 0.6) is 0 Å².